The minimum absolute atomic E-state index is 0.186. The summed E-state index contributed by atoms with van der Waals surface area (Å²) >= 11 is 0. The number of nitrogens with two attached hydrogens (primary N) is 1. The molecule has 0 radical (unpaired) electrons. The van der Waals surface area contributed by atoms with Crippen LogP contribution >= 0.6 is 0 Å². The fraction of sp³-hybridized carbons (Fsp3) is 0.583. The lowest BCUT2D eigenvalue weighted by Gasteiger charge is -2.21. The fourth-order valence-electron chi connectivity index (χ4n) is 1.60. The van der Waals surface area contributed by atoms with Gasteiger partial charge in [0.05, 0.1) is 6.61 Å². The first-order valence-electron chi connectivity index (χ1n) is 6.30. The molecule has 8 nitrogen and oxygen atoms in total. The summed E-state index contributed by atoms with van der Waals surface area (Å²) in [7, 11) is 3.23. The highest BCUT2D eigenvalue weighted by atomic mass is 16.5. The Bertz CT molecular complexity index is 399. The lowest BCUT2D eigenvalue weighted by molar-refractivity contribution is 0.0667. The molecule has 0 fully saturated rings. The van der Waals surface area contributed by atoms with Crippen LogP contribution in [0.5, 0.6) is 0 Å². The van der Waals surface area contributed by atoms with E-state index in [1.807, 2.05) is 0 Å². The van der Waals surface area contributed by atoms with E-state index in [4.69, 9.17) is 15.3 Å². The van der Waals surface area contributed by atoms with Crippen molar-refractivity contribution in [2.75, 3.05) is 45.9 Å². The molecule has 1 aromatic heterocycles. The summed E-state index contributed by atoms with van der Waals surface area (Å²) in [4.78, 5) is 14.0. The van der Waals surface area contributed by atoms with Crippen LogP contribution in [0.1, 0.15) is 16.9 Å². The highest BCUT2D eigenvalue weighted by molar-refractivity contribution is 5.92. The van der Waals surface area contributed by atoms with Crippen LogP contribution in [0.15, 0.2) is 12.1 Å². The third kappa shape index (κ3) is 5.08. The molecular formula is C12H21N5O3. The maximum atomic E-state index is 12.3. The molecule has 1 heterocycles. The molecule has 20 heavy (non-hydrogen) atoms. The number of nitrogens with one attached hydrogen (secondary N) is 1. The number of hydrogen-bond donors (Lipinski definition) is 2. The monoisotopic (exact) mass is 283 g/mol. The van der Waals surface area contributed by atoms with Crippen LogP contribution < -0.4 is 11.3 Å². The van der Waals surface area contributed by atoms with Crippen molar-refractivity contribution < 1.29 is 14.3 Å². The molecule has 0 saturated heterocycles. The fourth-order valence-corrected chi connectivity index (χ4v) is 1.60. The van der Waals surface area contributed by atoms with Crippen molar-refractivity contribution >= 4 is 11.7 Å². The van der Waals surface area contributed by atoms with Crippen LogP contribution in [0.25, 0.3) is 0 Å². The molecule has 0 unspecified atom stereocenters. The molecule has 0 aliphatic heterocycles. The second kappa shape index (κ2) is 9.18. The van der Waals surface area contributed by atoms with E-state index in [0.717, 1.165) is 6.42 Å². The van der Waals surface area contributed by atoms with Crippen LogP contribution in [-0.2, 0) is 9.47 Å². The zero-order chi connectivity index (χ0) is 14.8. The van der Waals surface area contributed by atoms with E-state index in [1.165, 1.54) is 0 Å². The van der Waals surface area contributed by atoms with Gasteiger partial charge in [0.25, 0.3) is 5.91 Å². The van der Waals surface area contributed by atoms with Crippen molar-refractivity contribution in [1.82, 2.24) is 15.1 Å². The summed E-state index contributed by atoms with van der Waals surface area (Å²) in [5.74, 6) is 5.43. The number of nitrogen functional groups attached to an aromatic ring is 1. The molecule has 0 saturated carbocycles. The SMILES string of the molecule is COCCCN(CCOC)C(=O)c1ccc(NN)nn1. The van der Waals surface area contributed by atoms with Gasteiger partial charge in [-0.05, 0) is 18.6 Å². The second-order valence-corrected chi connectivity index (χ2v) is 4.08. The van der Waals surface area contributed by atoms with E-state index in [9.17, 15) is 4.79 Å². The molecule has 112 valence electrons. The van der Waals surface area contributed by atoms with Gasteiger partial charge in [-0.15, -0.1) is 10.2 Å². The topological polar surface area (TPSA) is 103 Å². The van der Waals surface area contributed by atoms with Crippen molar-refractivity contribution in [3.05, 3.63) is 17.8 Å². The molecule has 0 bridgehead atoms. The Morgan fingerprint density at radius 3 is 2.55 bits per heavy atom. The Morgan fingerprint density at radius 1 is 1.25 bits per heavy atom. The van der Waals surface area contributed by atoms with E-state index in [0.29, 0.717) is 32.1 Å². The Balaban J connectivity index is 2.68. The van der Waals surface area contributed by atoms with Gasteiger partial charge < -0.3 is 19.8 Å². The van der Waals surface area contributed by atoms with Gasteiger partial charge in [0.1, 0.15) is 0 Å². The lowest BCUT2D eigenvalue weighted by atomic mass is 10.3. The maximum Gasteiger partial charge on any atom is 0.274 e. The van der Waals surface area contributed by atoms with Gasteiger partial charge in [-0.3, -0.25) is 4.79 Å². The average molecular weight is 283 g/mol. The van der Waals surface area contributed by atoms with Gasteiger partial charge >= 0.3 is 0 Å². The van der Waals surface area contributed by atoms with E-state index >= 15 is 0 Å². The quantitative estimate of drug-likeness (QED) is 0.370. The highest BCUT2D eigenvalue weighted by Crippen LogP contribution is 2.05. The summed E-state index contributed by atoms with van der Waals surface area (Å²) in [5.41, 5.74) is 2.64. The minimum Gasteiger partial charge on any atom is -0.385 e. The molecule has 1 amide bonds. The first-order valence-corrected chi connectivity index (χ1v) is 6.30. The number of nitrogens with zero attached hydrogens (tertiary/aromatic N) is 3. The number of carbonyl (C=O) groups excluding carboxylic acids is 1. The molecule has 0 atom stereocenters. The van der Waals surface area contributed by atoms with E-state index in [2.05, 4.69) is 15.6 Å². The van der Waals surface area contributed by atoms with Crippen molar-refractivity contribution in [1.29, 1.82) is 0 Å². The number of rotatable bonds is 9. The smallest absolute Gasteiger partial charge is 0.274 e. The number of amides is 1. The number of anilines is 1. The van der Waals surface area contributed by atoms with Crippen LogP contribution in [0.4, 0.5) is 5.82 Å². The number of methoxy groups -OCH3 is 2. The van der Waals surface area contributed by atoms with Crippen LogP contribution in [0.3, 0.4) is 0 Å². The number of hydrazine groups is 1. The highest BCUT2D eigenvalue weighted by Gasteiger charge is 2.17. The molecule has 1 rings (SSSR count). The van der Waals surface area contributed by atoms with Crippen LogP contribution in [0, 0.1) is 0 Å². The van der Waals surface area contributed by atoms with Crippen LogP contribution in [0.2, 0.25) is 0 Å². The Hall–Kier alpha value is -1.77. The Morgan fingerprint density at radius 2 is 2.00 bits per heavy atom. The molecular weight excluding hydrogens is 262 g/mol. The van der Waals surface area contributed by atoms with E-state index in [1.54, 1.807) is 31.3 Å². The molecule has 0 aliphatic carbocycles. The van der Waals surface area contributed by atoms with Crippen LogP contribution in [-0.4, -0.2) is 61.5 Å². The number of hydrogen-bond acceptors (Lipinski definition) is 7. The molecule has 0 aromatic carbocycles. The first-order chi connectivity index (χ1) is 9.72. The Labute approximate surface area is 118 Å². The van der Waals surface area contributed by atoms with Gasteiger partial charge in [-0.25, -0.2) is 5.84 Å². The van der Waals surface area contributed by atoms with Gasteiger partial charge in [0, 0.05) is 33.9 Å². The number of carbonyl (C=O) groups is 1. The molecule has 0 spiro atoms. The summed E-state index contributed by atoms with van der Waals surface area (Å²) in [6.07, 6.45) is 0.752. The summed E-state index contributed by atoms with van der Waals surface area (Å²) in [6, 6.07) is 3.19. The lowest BCUT2D eigenvalue weighted by Crippen LogP contribution is -2.36. The molecule has 1 aromatic rings. The third-order valence-electron chi connectivity index (χ3n) is 2.66. The van der Waals surface area contributed by atoms with Crippen molar-refractivity contribution in [3.63, 3.8) is 0 Å². The van der Waals surface area contributed by atoms with Gasteiger partial charge in [0.15, 0.2) is 11.5 Å². The average Bonchev–Trinajstić information content (AvgIpc) is 2.50. The predicted octanol–water partition coefficient (Wildman–Crippen LogP) is -0.113. The van der Waals surface area contributed by atoms with Crippen molar-refractivity contribution in [3.8, 4) is 0 Å². The standard InChI is InChI=1S/C12H21N5O3/c1-19-8-3-6-17(7-9-20-2)12(18)10-4-5-11(14-13)16-15-10/h4-5H,3,6-9,13H2,1-2H3,(H,14,16). The normalized spacial score (nSPS) is 10.3. The second-order valence-electron chi connectivity index (χ2n) is 4.08. The predicted molar refractivity (Wildman–Crippen MR) is 74.1 cm³/mol. The molecule has 3 N–H and O–H groups in total. The summed E-state index contributed by atoms with van der Waals surface area (Å²) in [6.45, 7) is 2.14. The minimum atomic E-state index is -0.186. The van der Waals surface area contributed by atoms with Gasteiger partial charge in [-0.1, -0.05) is 0 Å². The zero-order valence-corrected chi connectivity index (χ0v) is 11.8. The van der Waals surface area contributed by atoms with Gasteiger partial charge in [-0.2, -0.15) is 0 Å². The molecule has 8 heteroatoms. The number of aromatic nitrogens is 2. The van der Waals surface area contributed by atoms with Crippen molar-refractivity contribution in [2.45, 2.75) is 6.42 Å². The summed E-state index contributed by atoms with van der Waals surface area (Å²) in [5, 5.41) is 7.64. The third-order valence-corrected chi connectivity index (χ3v) is 2.66. The maximum absolute atomic E-state index is 12.3. The summed E-state index contributed by atoms with van der Waals surface area (Å²) < 4.78 is 10.0. The van der Waals surface area contributed by atoms with E-state index in [-0.39, 0.29) is 11.6 Å². The molecule has 0 aliphatic rings. The Kier molecular flexibility index (Phi) is 7.48. The zero-order valence-electron chi connectivity index (χ0n) is 11.8. The number of ether oxygens (including phenoxy) is 2. The van der Waals surface area contributed by atoms with E-state index < -0.39 is 0 Å². The first kappa shape index (κ1) is 16.3. The largest absolute Gasteiger partial charge is 0.385 e. The van der Waals surface area contributed by atoms with Gasteiger partial charge in [0.2, 0.25) is 0 Å². The van der Waals surface area contributed by atoms with Crippen molar-refractivity contribution in [2.24, 2.45) is 5.84 Å².